The normalized spacial score (nSPS) is 14.1. The Labute approximate surface area is 178 Å². The summed E-state index contributed by atoms with van der Waals surface area (Å²) >= 11 is 1.38. The second-order valence-electron chi connectivity index (χ2n) is 7.25. The first-order valence-corrected chi connectivity index (χ1v) is 10.6. The van der Waals surface area contributed by atoms with Gasteiger partial charge in [0.15, 0.2) is 5.13 Å². The highest BCUT2D eigenvalue weighted by molar-refractivity contribution is 7.15. The number of benzene rings is 2. The number of nitrogens with zero attached hydrogens (tertiary/aromatic N) is 3. The Kier molecular flexibility index (Phi) is 5.94. The number of nitrogens with one attached hydrogen (secondary N) is 1. The van der Waals surface area contributed by atoms with E-state index in [9.17, 15) is 13.6 Å². The maximum absolute atomic E-state index is 14.0. The molecule has 4 rings (SSSR count). The van der Waals surface area contributed by atoms with Crippen molar-refractivity contribution in [3.05, 3.63) is 76.3 Å². The number of amides is 2. The third-order valence-electron chi connectivity index (χ3n) is 5.14. The fourth-order valence-electron chi connectivity index (χ4n) is 3.42. The van der Waals surface area contributed by atoms with E-state index >= 15 is 0 Å². The number of anilines is 2. The van der Waals surface area contributed by atoms with Crippen LogP contribution in [0.25, 0.3) is 0 Å². The minimum atomic E-state index is -0.251. The van der Waals surface area contributed by atoms with Gasteiger partial charge in [0.05, 0.1) is 5.69 Å². The van der Waals surface area contributed by atoms with Gasteiger partial charge in [-0.2, -0.15) is 0 Å². The monoisotopic (exact) mass is 428 g/mol. The Balaban J connectivity index is 1.31. The molecule has 1 aliphatic heterocycles. The summed E-state index contributed by atoms with van der Waals surface area (Å²) in [5.41, 5.74) is 2.05. The summed E-state index contributed by atoms with van der Waals surface area (Å²) in [6.07, 6.45) is 2.26. The lowest BCUT2D eigenvalue weighted by Crippen LogP contribution is -2.50. The van der Waals surface area contributed by atoms with Crippen molar-refractivity contribution < 1.29 is 13.6 Å². The van der Waals surface area contributed by atoms with Crippen molar-refractivity contribution in [3.8, 4) is 0 Å². The van der Waals surface area contributed by atoms with Crippen LogP contribution in [0.5, 0.6) is 0 Å². The number of thiazole rings is 1. The molecular weight excluding hydrogens is 406 g/mol. The van der Waals surface area contributed by atoms with Gasteiger partial charge >= 0.3 is 6.03 Å². The molecule has 0 atom stereocenters. The van der Waals surface area contributed by atoms with Gasteiger partial charge in [0.1, 0.15) is 11.6 Å². The molecule has 0 bridgehead atoms. The summed E-state index contributed by atoms with van der Waals surface area (Å²) in [7, 11) is 0. The van der Waals surface area contributed by atoms with Crippen molar-refractivity contribution in [2.45, 2.75) is 13.3 Å². The van der Waals surface area contributed by atoms with Crippen LogP contribution in [0.2, 0.25) is 0 Å². The fraction of sp³-hybridized carbons (Fsp3) is 0.273. The minimum absolute atomic E-state index is 0.217. The second-order valence-corrected chi connectivity index (χ2v) is 8.36. The number of hydrogen-bond donors (Lipinski definition) is 1. The highest BCUT2D eigenvalue weighted by Gasteiger charge is 2.23. The van der Waals surface area contributed by atoms with Crippen LogP contribution in [0.3, 0.4) is 0 Å². The van der Waals surface area contributed by atoms with Crippen LogP contribution in [0, 0.1) is 18.6 Å². The van der Waals surface area contributed by atoms with E-state index in [1.807, 2.05) is 17.0 Å². The van der Waals surface area contributed by atoms with Crippen LogP contribution in [0.15, 0.2) is 48.7 Å². The Morgan fingerprint density at radius 1 is 1.10 bits per heavy atom. The summed E-state index contributed by atoms with van der Waals surface area (Å²) in [5.74, 6) is -0.473. The molecule has 2 aromatic carbocycles. The van der Waals surface area contributed by atoms with E-state index in [1.54, 1.807) is 36.2 Å². The van der Waals surface area contributed by atoms with E-state index in [0.717, 1.165) is 10.4 Å². The van der Waals surface area contributed by atoms with Crippen molar-refractivity contribution in [3.63, 3.8) is 0 Å². The molecule has 1 aromatic heterocycles. The first-order valence-electron chi connectivity index (χ1n) is 9.75. The number of aromatic nitrogens is 1. The molecule has 2 heterocycles. The van der Waals surface area contributed by atoms with Gasteiger partial charge in [0.2, 0.25) is 0 Å². The number of urea groups is 1. The molecule has 1 aliphatic rings. The summed E-state index contributed by atoms with van der Waals surface area (Å²) in [6.45, 7) is 3.87. The van der Waals surface area contributed by atoms with Crippen LogP contribution in [-0.4, -0.2) is 42.1 Å². The molecule has 0 spiro atoms. The van der Waals surface area contributed by atoms with Crippen molar-refractivity contribution >= 4 is 28.2 Å². The highest BCUT2D eigenvalue weighted by atomic mass is 32.1. The Bertz CT molecular complexity index is 1050. The van der Waals surface area contributed by atoms with Gasteiger partial charge in [-0.05, 0) is 36.2 Å². The Morgan fingerprint density at radius 3 is 2.60 bits per heavy atom. The molecule has 3 aromatic rings. The SMILES string of the molecule is Cc1ccc(Cc2cnc(NC(=O)N3CCN(c4ccccc4F)CC3)s2)cc1F. The smallest absolute Gasteiger partial charge is 0.323 e. The van der Waals surface area contributed by atoms with Crippen molar-refractivity contribution in [1.82, 2.24) is 9.88 Å². The molecule has 0 aliphatic carbocycles. The van der Waals surface area contributed by atoms with Crippen molar-refractivity contribution in [2.75, 3.05) is 36.4 Å². The number of carbonyl (C=O) groups excluding carboxylic acids is 1. The van der Waals surface area contributed by atoms with Gasteiger partial charge in [-0.3, -0.25) is 5.32 Å². The predicted molar refractivity (Wildman–Crippen MR) is 115 cm³/mol. The Hall–Kier alpha value is -3.00. The number of halogens is 2. The molecule has 0 unspecified atom stereocenters. The first-order chi connectivity index (χ1) is 14.5. The zero-order chi connectivity index (χ0) is 21.1. The van der Waals surface area contributed by atoms with Gasteiger partial charge < -0.3 is 9.80 Å². The van der Waals surface area contributed by atoms with Gasteiger partial charge in [-0.25, -0.2) is 18.6 Å². The van der Waals surface area contributed by atoms with E-state index in [2.05, 4.69) is 10.3 Å². The predicted octanol–water partition coefficient (Wildman–Crippen LogP) is 4.67. The van der Waals surface area contributed by atoms with E-state index in [0.29, 0.717) is 49.0 Å². The third-order valence-corrected chi connectivity index (χ3v) is 6.05. The highest BCUT2D eigenvalue weighted by Crippen LogP contribution is 2.23. The van der Waals surface area contributed by atoms with Crippen LogP contribution < -0.4 is 10.2 Å². The lowest BCUT2D eigenvalue weighted by molar-refractivity contribution is 0.208. The molecule has 2 amide bonds. The molecule has 8 heteroatoms. The number of piperazine rings is 1. The van der Waals surface area contributed by atoms with Crippen LogP contribution in [0.1, 0.15) is 16.0 Å². The largest absolute Gasteiger partial charge is 0.366 e. The number of para-hydroxylation sites is 1. The fourth-order valence-corrected chi connectivity index (χ4v) is 4.26. The lowest BCUT2D eigenvalue weighted by Gasteiger charge is -2.35. The molecule has 0 radical (unpaired) electrons. The summed E-state index contributed by atoms with van der Waals surface area (Å²) in [6, 6.07) is 11.6. The quantitative estimate of drug-likeness (QED) is 0.657. The van der Waals surface area contributed by atoms with Gasteiger partial charge in [-0.1, -0.05) is 24.3 Å². The number of rotatable bonds is 4. The molecule has 1 saturated heterocycles. The summed E-state index contributed by atoms with van der Waals surface area (Å²) < 4.78 is 27.7. The average Bonchev–Trinajstić information content (AvgIpc) is 3.18. The van der Waals surface area contributed by atoms with E-state index < -0.39 is 0 Å². The third kappa shape index (κ3) is 4.59. The molecule has 1 fully saturated rings. The molecule has 5 nitrogen and oxygen atoms in total. The minimum Gasteiger partial charge on any atom is -0.366 e. The second kappa shape index (κ2) is 8.79. The molecular formula is C22H22F2N4OS. The van der Waals surface area contributed by atoms with E-state index in [1.165, 1.54) is 23.5 Å². The van der Waals surface area contributed by atoms with Gasteiger partial charge in [0.25, 0.3) is 0 Å². The van der Waals surface area contributed by atoms with Crippen LogP contribution in [-0.2, 0) is 6.42 Å². The number of aryl methyl sites for hydroxylation is 1. The molecule has 156 valence electrons. The summed E-state index contributed by atoms with van der Waals surface area (Å²) in [5, 5.41) is 3.35. The molecule has 30 heavy (non-hydrogen) atoms. The number of hydrogen-bond acceptors (Lipinski definition) is 4. The van der Waals surface area contributed by atoms with Crippen LogP contribution >= 0.6 is 11.3 Å². The first kappa shape index (κ1) is 20.3. The van der Waals surface area contributed by atoms with Crippen molar-refractivity contribution in [2.24, 2.45) is 0 Å². The van der Waals surface area contributed by atoms with E-state index in [-0.39, 0.29) is 17.7 Å². The zero-order valence-corrected chi connectivity index (χ0v) is 17.4. The maximum atomic E-state index is 14.0. The lowest BCUT2D eigenvalue weighted by atomic mass is 10.1. The molecule has 1 N–H and O–H groups in total. The maximum Gasteiger partial charge on any atom is 0.323 e. The summed E-state index contributed by atoms with van der Waals surface area (Å²) in [4.78, 5) is 21.4. The van der Waals surface area contributed by atoms with Gasteiger partial charge in [-0.15, -0.1) is 11.3 Å². The topological polar surface area (TPSA) is 48.5 Å². The van der Waals surface area contributed by atoms with Gasteiger partial charge in [0, 0.05) is 43.7 Å². The standard InChI is InChI=1S/C22H22F2N4OS/c1-15-6-7-16(13-19(15)24)12-17-14-25-21(30-17)26-22(29)28-10-8-27(9-11-28)20-5-3-2-4-18(20)23/h2-7,13-14H,8-12H2,1H3,(H,25,26,29). The van der Waals surface area contributed by atoms with E-state index in [4.69, 9.17) is 0 Å². The molecule has 0 saturated carbocycles. The average molecular weight is 429 g/mol. The van der Waals surface area contributed by atoms with Crippen molar-refractivity contribution in [1.29, 1.82) is 0 Å². The Morgan fingerprint density at radius 2 is 1.87 bits per heavy atom. The zero-order valence-electron chi connectivity index (χ0n) is 16.6. The van der Waals surface area contributed by atoms with Crippen LogP contribution in [0.4, 0.5) is 24.4 Å². The number of carbonyl (C=O) groups is 1.